The molecule has 2 nitrogen and oxygen atoms in total. The van der Waals surface area contributed by atoms with Crippen molar-refractivity contribution in [1.82, 2.24) is 5.32 Å². The van der Waals surface area contributed by atoms with Crippen molar-refractivity contribution in [2.24, 2.45) is 5.92 Å². The molecule has 0 spiro atoms. The number of hydrogen-bond donors (Lipinski definition) is 1. The van der Waals surface area contributed by atoms with Crippen molar-refractivity contribution in [2.75, 3.05) is 13.2 Å². The van der Waals surface area contributed by atoms with Crippen LogP contribution in [-0.2, 0) is 4.74 Å². The van der Waals surface area contributed by atoms with Crippen molar-refractivity contribution in [1.29, 1.82) is 0 Å². The van der Waals surface area contributed by atoms with Crippen LogP contribution >= 0.6 is 0 Å². The molecule has 0 radical (unpaired) electrons. The molecule has 1 heterocycles. The van der Waals surface area contributed by atoms with E-state index in [1.54, 1.807) is 0 Å². The summed E-state index contributed by atoms with van der Waals surface area (Å²) in [5, 5.41) is 3.43. The largest absolute Gasteiger partial charge is 0.381 e. The minimum absolute atomic E-state index is 0.206. The molecular weight excluding hydrogens is 162 g/mol. The van der Waals surface area contributed by atoms with Gasteiger partial charge in [-0.3, -0.25) is 5.32 Å². The summed E-state index contributed by atoms with van der Waals surface area (Å²) in [6.45, 7) is 8.00. The zero-order valence-corrected chi connectivity index (χ0v) is 8.76. The van der Waals surface area contributed by atoms with Crippen molar-refractivity contribution < 1.29 is 4.74 Å². The van der Waals surface area contributed by atoms with Crippen LogP contribution in [-0.4, -0.2) is 24.8 Å². The lowest BCUT2D eigenvalue weighted by Crippen LogP contribution is -2.46. The van der Waals surface area contributed by atoms with Crippen LogP contribution in [0.1, 0.15) is 27.2 Å². The topological polar surface area (TPSA) is 21.3 Å². The molecule has 0 aromatic rings. The number of nitrogens with one attached hydrogen (secondary N) is 1. The summed E-state index contributed by atoms with van der Waals surface area (Å²) in [6, 6.07) is 0.438. The van der Waals surface area contributed by atoms with Gasteiger partial charge in [0, 0.05) is 12.6 Å². The molecule has 74 valence electrons. The quantitative estimate of drug-likeness (QED) is 0.665. The molecule has 0 aromatic heterocycles. The first-order chi connectivity index (χ1) is 6.05. The Bertz CT molecular complexity index is 199. The molecule has 2 unspecified atom stereocenters. The van der Waals surface area contributed by atoms with Gasteiger partial charge in [-0.15, -0.1) is 6.42 Å². The summed E-state index contributed by atoms with van der Waals surface area (Å²) in [5.74, 6) is 3.36. The van der Waals surface area contributed by atoms with Gasteiger partial charge in [-0.25, -0.2) is 0 Å². The number of ether oxygens (including phenoxy) is 1. The summed E-state index contributed by atoms with van der Waals surface area (Å²) in [6.07, 6.45) is 6.56. The number of terminal acetylenes is 1. The van der Waals surface area contributed by atoms with Crippen molar-refractivity contribution >= 4 is 0 Å². The monoisotopic (exact) mass is 181 g/mol. The van der Waals surface area contributed by atoms with E-state index in [0.717, 1.165) is 19.6 Å². The average molecular weight is 181 g/mol. The molecule has 1 fully saturated rings. The Hall–Kier alpha value is -0.520. The zero-order chi connectivity index (χ0) is 9.90. The third-order valence-electron chi connectivity index (χ3n) is 2.62. The predicted octanol–water partition coefficient (Wildman–Crippen LogP) is 1.41. The van der Waals surface area contributed by atoms with Crippen molar-refractivity contribution in [3.63, 3.8) is 0 Å². The summed E-state index contributed by atoms with van der Waals surface area (Å²) in [5.41, 5.74) is -0.206. The lowest BCUT2D eigenvalue weighted by molar-refractivity contribution is 0.175. The van der Waals surface area contributed by atoms with E-state index in [9.17, 15) is 0 Å². The van der Waals surface area contributed by atoms with Gasteiger partial charge in [-0.2, -0.15) is 0 Å². The third kappa shape index (κ3) is 3.02. The van der Waals surface area contributed by atoms with Crippen molar-refractivity contribution in [3.05, 3.63) is 0 Å². The normalized spacial score (nSPS) is 25.5. The molecule has 0 aromatic carbocycles. The van der Waals surface area contributed by atoms with Gasteiger partial charge in [-0.05, 0) is 33.1 Å². The van der Waals surface area contributed by atoms with Crippen LogP contribution in [0, 0.1) is 18.3 Å². The standard InChI is InChI=1S/C11H19NO/c1-5-11(3,4)12-9(2)10-6-7-13-8-10/h1,9-10,12H,6-8H2,2-4H3. The summed E-state index contributed by atoms with van der Waals surface area (Å²) < 4.78 is 5.33. The van der Waals surface area contributed by atoms with E-state index in [-0.39, 0.29) is 5.54 Å². The smallest absolute Gasteiger partial charge is 0.0743 e. The highest BCUT2D eigenvalue weighted by molar-refractivity contribution is 5.08. The highest BCUT2D eigenvalue weighted by Gasteiger charge is 2.26. The lowest BCUT2D eigenvalue weighted by Gasteiger charge is -2.28. The van der Waals surface area contributed by atoms with E-state index in [4.69, 9.17) is 11.2 Å². The van der Waals surface area contributed by atoms with Crippen molar-refractivity contribution in [3.8, 4) is 12.3 Å². The van der Waals surface area contributed by atoms with Gasteiger partial charge in [-0.1, -0.05) is 5.92 Å². The predicted molar refractivity (Wildman–Crippen MR) is 54.4 cm³/mol. The van der Waals surface area contributed by atoms with E-state index in [1.807, 2.05) is 13.8 Å². The molecule has 13 heavy (non-hydrogen) atoms. The van der Waals surface area contributed by atoms with Crippen LogP contribution < -0.4 is 5.32 Å². The van der Waals surface area contributed by atoms with Crippen LogP contribution in [0.5, 0.6) is 0 Å². The van der Waals surface area contributed by atoms with Crippen LogP contribution in [0.3, 0.4) is 0 Å². The molecule has 2 heteroatoms. The highest BCUT2D eigenvalue weighted by Crippen LogP contribution is 2.18. The highest BCUT2D eigenvalue weighted by atomic mass is 16.5. The maximum absolute atomic E-state index is 5.41. The molecule has 0 saturated carbocycles. The molecule has 1 rings (SSSR count). The Labute approximate surface area is 81.0 Å². The molecule has 0 bridgehead atoms. The maximum atomic E-state index is 5.41. The van der Waals surface area contributed by atoms with Crippen molar-refractivity contribution in [2.45, 2.75) is 38.8 Å². The van der Waals surface area contributed by atoms with Crippen LogP contribution in [0.4, 0.5) is 0 Å². The van der Waals surface area contributed by atoms with E-state index >= 15 is 0 Å². The Kier molecular flexibility index (Phi) is 3.35. The molecule has 1 aliphatic heterocycles. The van der Waals surface area contributed by atoms with E-state index in [2.05, 4.69) is 18.2 Å². The van der Waals surface area contributed by atoms with Gasteiger partial charge in [0.2, 0.25) is 0 Å². The first-order valence-electron chi connectivity index (χ1n) is 4.88. The zero-order valence-electron chi connectivity index (χ0n) is 8.76. The Morgan fingerprint density at radius 1 is 1.62 bits per heavy atom. The van der Waals surface area contributed by atoms with E-state index < -0.39 is 0 Å². The minimum atomic E-state index is -0.206. The fourth-order valence-electron chi connectivity index (χ4n) is 1.68. The summed E-state index contributed by atoms with van der Waals surface area (Å²) in [7, 11) is 0. The van der Waals surface area contributed by atoms with Gasteiger partial charge in [0.25, 0.3) is 0 Å². The first-order valence-corrected chi connectivity index (χ1v) is 4.88. The number of hydrogen-bond acceptors (Lipinski definition) is 2. The fraction of sp³-hybridized carbons (Fsp3) is 0.818. The molecule has 2 atom stereocenters. The third-order valence-corrected chi connectivity index (χ3v) is 2.62. The summed E-state index contributed by atoms with van der Waals surface area (Å²) >= 11 is 0. The van der Waals surface area contributed by atoms with Gasteiger partial charge in [0.05, 0.1) is 12.1 Å². The van der Waals surface area contributed by atoms with Gasteiger partial charge in [0.1, 0.15) is 0 Å². The minimum Gasteiger partial charge on any atom is -0.381 e. The molecular formula is C11H19NO. The Balaban J connectivity index is 2.40. The van der Waals surface area contributed by atoms with Gasteiger partial charge < -0.3 is 4.74 Å². The second-order valence-electron chi connectivity index (χ2n) is 4.33. The number of rotatable bonds is 3. The summed E-state index contributed by atoms with van der Waals surface area (Å²) in [4.78, 5) is 0. The Morgan fingerprint density at radius 3 is 2.77 bits per heavy atom. The molecule has 1 N–H and O–H groups in total. The van der Waals surface area contributed by atoms with Crippen LogP contribution in [0.25, 0.3) is 0 Å². The SMILES string of the molecule is C#CC(C)(C)NC(C)C1CCOC1. The van der Waals surface area contributed by atoms with Gasteiger partial charge in [0.15, 0.2) is 0 Å². The van der Waals surface area contributed by atoms with E-state index in [0.29, 0.717) is 12.0 Å². The van der Waals surface area contributed by atoms with Crippen LogP contribution in [0.15, 0.2) is 0 Å². The second kappa shape index (κ2) is 4.13. The van der Waals surface area contributed by atoms with Crippen LogP contribution in [0.2, 0.25) is 0 Å². The first kappa shape index (κ1) is 10.6. The van der Waals surface area contributed by atoms with Gasteiger partial charge >= 0.3 is 0 Å². The molecule has 1 aliphatic rings. The second-order valence-corrected chi connectivity index (χ2v) is 4.33. The Morgan fingerprint density at radius 2 is 2.31 bits per heavy atom. The fourth-order valence-corrected chi connectivity index (χ4v) is 1.68. The van der Waals surface area contributed by atoms with E-state index in [1.165, 1.54) is 0 Å². The molecule has 0 aliphatic carbocycles. The molecule has 1 saturated heterocycles. The lowest BCUT2D eigenvalue weighted by atomic mass is 9.97. The average Bonchev–Trinajstić information content (AvgIpc) is 2.55. The maximum Gasteiger partial charge on any atom is 0.0743 e. The molecule has 0 amide bonds.